The van der Waals surface area contributed by atoms with E-state index in [0.29, 0.717) is 0 Å². The molecule has 3 aliphatic rings. The Morgan fingerprint density at radius 1 is 0.917 bits per heavy atom. The van der Waals surface area contributed by atoms with Crippen molar-refractivity contribution in [1.29, 1.82) is 0 Å². The summed E-state index contributed by atoms with van der Waals surface area (Å²) < 4.78 is 0. The average Bonchev–Trinajstić information content (AvgIpc) is 3.23. The van der Waals surface area contributed by atoms with Crippen molar-refractivity contribution in [1.82, 2.24) is 0 Å². The topological polar surface area (TPSA) is 0 Å². The molecule has 1 fully saturated rings. The van der Waals surface area contributed by atoms with Crippen LogP contribution in [-0.4, -0.2) is 0 Å². The van der Waals surface area contributed by atoms with Crippen molar-refractivity contribution in [3.8, 4) is 11.1 Å². The van der Waals surface area contributed by atoms with Crippen LogP contribution in [0.15, 0.2) is 72.8 Å². The van der Waals surface area contributed by atoms with Crippen LogP contribution in [0.5, 0.6) is 0 Å². The molecule has 2 aromatic rings. The zero-order chi connectivity index (χ0) is 16.4. The summed E-state index contributed by atoms with van der Waals surface area (Å²) in [6.07, 6.45) is 2.53. The van der Waals surface area contributed by atoms with E-state index in [4.69, 9.17) is 0 Å². The van der Waals surface area contributed by atoms with E-state index in [-0.39, 0.29) is 10.8 Å². The van der Waals surface area contributed by atoms with Crippen LogP contribution in [-0.2, 0) is 10.8 Å². The Balaban J connectivity index is 1.64. The smallest absolute Gasteiger partial charge is 0.00617 e. The van der Waals surface area contributed by atoms with Gasteiger partial charge in [-0.1, -0.05) is 30.9 Å². The summed E-state index contributed by atoms with van der Waals surface area (Å²) in [5.74, 6) is 0. The van der Waals surface area contributed by atoms with E-state index in [1.165, 1.54) is 45.9 Å². The van der Waals surface area contributed by atoms with Gasteiger partial charge < -0.3 is 0 Å². The molecule has 0 heterocycles. The molecule has 2 aromatic carbocycles. The first kappa shape index (κ1) is 14.0. The molecule has 0 bridgehead atoms. The zero-order valence-electron chi connectivity index (χ0n) is 14.3. The Kier molecular flexibility index (Phi) is 2.69. The molecule has 0 heteroatoms. The van der Waals surface area contributed by atoms with Gasteiger partial charge in [0.05, 0.1) is 0 Å². The molecular formula is C24H22-2. The average molecular weight is 310 g/mol. The van der Waals surface area contributed by atoms with Crippen LogP contribution in [0.4, 0.5) is 0 Å². The van der Waals surface area contributed by atoms with E-state index in [2.05, 4.69) is 86.6 Å². The first-order valence-corrected chi connectivity index (χ1v) is 8.92. The summed E-state index contributed by atoms with van der Waals surface area (Å²) in [4.78, 5) is 0. The van der Waals surface area contributed by atoms with Crippen LogP contribution in [0.1, 0.15) is 37.8 Å². The maximum atomic E-state index is 2.46. The van der Waals surface area contributed by atoms with E-state index in [1.807, 2.05) is 0 Å². The predicted octanol–water partition coefficient (Wildman–Crippen LogP) is 6.39. The van der Waals surface area contributed by atoms with Crippen molar-refractivity contribution in [2.24, 2.45) is 0 Å². The fourth-order valence-electron chi connectivity index (χ4n) is 4.74. The molecule has 0 radical (unpaired) electrons. The Labute approximate surface area is 143 Å². The summed E-state index contributed by atoms with van der Waals surface area (Å²) in [5, 5.41) is 2.74. The second-order valence-electron chi connectivity index (χ2n) is 7.91. The minimum atomic E-state index is 0.219. The second kappa shape index (κ2) is 4.60. The van der Waals surface area contributed by atoms with Crippen molar-refractivity contribution in [3.63, 3.8) is 0 Å². The van der Waals surface area contributed by atoms with Gasteiger partial charge in [-0.3, -0.25) is 0 Å². The Bertz CT molecular complexity index is 920. The van der Waals surface area contributed by atoms with E-state index < -0.39 is 0 Å². The highest BCUT2D eigenvalue weighted by Gasteiger charge is 2.52. The summed E-state index contributed by atoms with van der Waals surface area (Å²) in [7, 11) is 0. The summed E-state index contributed by atoms with van der Waals surface area (Å²) >= 11 is 0. The Morgan fingerprint density at radius 2 is 1.71 bits per heavy atom. The quantitative estimate of drug-likeness (QED) is 0.376. The fraction of sp³-hybridized carbons (Fsp3) is 0.250. The van der Waals surface area contributed by atoms with Crippen LogP contribution < -0.4 is 0 Å². The van der Waals surface area contributed by atoms with Gasteiger partial charge in [0.25, 0.3) is 0 Å². The maximum Gasteiger partial charge on any atom is -0.00617 e. The summed E-state index contributed by atoms with van der Waals surface area (Å²) in [6.45, 7) is 4.92. The van der Waals surface area contributed by atoms with E-state index >= 15 is 0 Å². The third kappa shape index (κ3) is 1.69. The summed E-state index contributed by atoms with van der Waals surface area (Å²) in [6, 6.07) is 27.1. The van der Waals surface area contributed by atoms with Crippen molar-refractivity contribution >= 4 is 10.8 Å². The predicted molar refractivity (Wildman–Crippen MR) is 102 cm³/mol. The van der Waals surface area contributed by atoms with Crippen molar-refractivity contribution < 1.29 is 0 Å². The highest BCUT2D eigenvalue weighted by molar-refractivity contribution is 5.86. The molecular weight excluding hydrogens is 288 g/mol. The first-order valence-electron chi connectivity index (χ1n) is 8.92. The molecule has 24 heavy (non-hydrogen) atoms. The Hall–Kier alpha value is -2.34. The standard InChI is InChI=1S/C24H22/c1-23(21-13-17-7-3-4-8-18(17)14-21)11-12-24(23,2)22-15-19-9-5-6-10-20(19)16-22/h3-10,13-16H,11-12H2,1-2H3/q-2. The number of hydrogen-bond acceptors (Lipinski definition) is 0. The van der Waals surface area contributed by atoms with Crippen molar-refractivity contribution in [3.05, 3.63) is 83.9 Å². The third-order valence-corrected chi connectivity index (χ3v) is 6.85. The lowest BCUT2D eigenvalue weighted by Crippen LogP contribution is -2.53. The zero-order valence-corrected chi connectivity index (χ0v) is 14.3. The van der Waals surface area contributed by atoms with Crippen LogP contribution in [0, 0.1) is 0 Å². The van der Waals surface area contributed by atoms with Gasteiger partial charge in [0.15, 0.2) is 0 Å². The molecule has 0 amide bonds. The van der Waals surface area contributed by atoms with Crippen LogP contribution in [0.2, 0.25) is 0 Å². The maximum absolute atomic E-state index is 2.46. The van der Waals surface area contributed by atoms with Gasteiger partial charge in [-0.2, -0.15) is 24.3 Å². The van der Waals surface area contributed by atoms with Gasteiger partial charge in [0, 0.05) is 0 Å². The highest BCUT2D eigenvalue weighted by atomic mass is 14.6. The van der Waals surface area contributed by atoms with Crippen molar-refractivity contribution in [2.45, 2.75) is 37.5 Å². The molecule has 0 saturated heterocycles. The van der Waals surface area contributed by atoms with Crippen LogP contribution in [0.25, 0.3) is 21.9 Å². The van der Waals surface area contributed by atoms with E-state index in [1.54, 1.807) is 0 Å². The third-order valence-electron chi connectivity index (χ3n) is 6.85. The fourth-order valence-corrected chi connectivity index (χ4v) is 4.74. The van der Waals surface area contributed by atoms with Gasteiger partial charge in [0.1, 0.15) is 0 Å². The van der Waals surface area contributed by atoms with Crippen LogP contribution >= 0.6 is 0 Å². The van der Waals surface area contributed by atoms with Gasteiger partial charge in [0.2, 0.25) is 0 Å². The van der Waals surface area contributed by atoms with Gasteiger partial charge in [-0.15, -0.1) is 64.5 Å². The molecule has 0 N–H and O–H groups in total. The first-order chi connectivity index (χ1) is 11.6. The lowest BCUT2D eigenvalue weighted by molar-refractivity contribution is 0.108. The lowest BCUT2D eigenvalue weighted by Gasteiger charge is -2.59. The molecule has 0 aromatic heterocycles. The molecule has 5 rings (SSSR count). The number of hydrogen-bond donors (Lipinski definition) is 0. The minimum Gasteiger partial charge on any atom is -0.172 e. The molecule has 1 saturated carbocycles. The van der Waals surface area contributed by atoms with E-state index in [0.717, 1.165) is 0 Å². The monoisotopic (exact) mass is 310 g/mol. The minimum absolute atomic E-state index is 0.219. The van der Waals surface area contributed by atoms with E-state index in [9.17, 15) is 0 Å². The normalized spacial score (nSPS) is 26.8. The van der Waals surface area contributed by atoms with Gasteiger partial charge in [-0.25, -0.2) is 0 Å². The largest absolute Gasteiger partial charge is 0.172 e. The van der Waals surface area contributed by atoms with Crippen molar-refractivity contribution in [2.75, 3.05) is 0 Å². The number of benzene rings is 2. The molecule has 0 nitrogen and oxygen atoms in total. The number of rotatable bonds is 2. The second-order valence-corrected chi connectivity index (χ2v) is 7.91. The Morgan fingerprint density at radius 3 is 2.46 bits per heavy atom. The molecule has 2 unspecified atom stereocenters. The molecule has 3 aliphatic carbocycles. The lowest BCUT2D eigenvalue weighted by atomic mass is 9.47. The molecule has 120 valence electrons. The molecule has 0 spiro atoms. The summed E-state index contributed by atoms with van der Waals surface area (Å²) in [5.41, 5.74) is 6.18. The van der Waals surface area contributed by atoms with Gasteiger partial charge in [-0.05, 0) is 23.7 Å². The SMILES string of the molecule is CC1(c2cc3cc[cH-]cc-3c2)CCC1(C)c1cc2cccc[c-]2c1. The molecule has 2 atom stereocenters. The van der Waals surface area contributed by atoms with Gasteiger partial charge >= 0.3 is 0 Å². The highest BCUT2D eigenvalue weighted by Crippen LogP contribution is 2.60. The van der Waals surface area contributed by atoms with Crippen LogP contribution in [0.3, 0.4) is 0 Å². The molecule has 0 aliphatic heterocycles. The number of fused-ring (bicyclic) bond motifs is 2.